The molecule has 0 saturated carbocycles. The highest BCUT2D eigenvalue weighted by atomic mass is 16.6. The number of cyclic esters (lactones) is 1. The van der Waals surface area contributed by atoms with Crippen molar-refractivity contribution in [3.05, 3.63) is 23.3 Å². The van der Waals surface area contributed by atoms with Gasteiger partial charge in [0, 0.05) is 37.2 Å². The molecule has 27 heavy (non-hydrogen) atoms. The lowest BCUT2D eigenvalue weighted by Gasteiger charge is -2.33. The van der Waals surface area contributed by atoms with Crippen LogP contribution < -0.4 is 0 Å². The Morgan fingerprint density at radius 2 is 2.00 bits per heavy atom. The fourth-order valence-corrected chi connectivity index (χ4v) is 4.41. The zero-order valence-corrected chi connectivity index (χ0v) is 16.4. The van der Waals surface area contributed by atoms with Crippen LogP contribution in [0.5, 0.6) is 0 Å². The van der Waals surface area contributed by atoms with E-state index < -0.39 is 11.5 Å². The topological polar surface area (TPSA) is 75.6 Å². The van der Waals surface area contributed by atoms with Gasteiger partial charge in [0.25, 0.3) is 0 Å². The summed E-state index contributed by atoms with van der Waals surface area (Å²) < 4.78 is 5.32. The average Bonchev–Trinajstić information content (AvgIpc) is 2.93. The number of esters is 1. The van der Waals surface area contributed by atoms with Gasteiger partial charge in [0.05, 0.1) is 18.0 Å². The van der Waals surface area contributed by atoms with Crippen molar-refractivity contribution < 1.29 is 14.3 Å². The molecule has 1 aromatic rings. The Balaban J connectivity index is 1.46. The highest BCUT2D eigenvalue weighted by Gasteiger charge is 2.47. The second-order valence-electron chi connectivity index (χ2n) is 8.62. The molecule has 7 heteroatoms. The number of hydrogen-bond acceptors (Lipinski definition) is 6. The Morgan fingerprint density at radius 1 is 1.26 bits per heavy atom. The standard InChI is InChI=1S/C20H28N4O3/c1-20(2)15(10-17(25)27-20)19(26)24-9-6-16-14(12-24)11-21-18(22-16)13-4-7-23(3)8-5-13/h11,13,15H,4-10,12H2,1-3H3. The molecule has 1 amide bonds. The van der Waals surface area contributed by atoms with Crippen LogP contribution in [0.1, 0.15) is 56.1 Å². The molecule has 1 atom stereocenters. The van der Waals surface area contributed by atoms with Crippen molar-refractivity contribution in [1.82, 2.24) is 19.8 Å². The molecule has 0 radical (unpaired) electrons. The fourth-order valence-electron chi connectivity index (χ4n) is 4.41. The van der Waals surface area contributed by atoms with Crippen molar-refractivity contribution in [2.75, 3.05) is 26.7 Å². The zero-order valence-electron chi connectivity index (χ0n) is 16.4. The smallest absolute Gasteiger partial charge is 0.307 e. The van der Waals surface area contributed by atoms with E-state index in [1.54, 1.807) is 0 Å². The van der Waals surface area contributed by atoms with Gasteiger partial charge in [-0.2, -0.15) is 0 Å². The van der Waals surface area contributed by atoms with E-state index in [0.717, 1.165) is 49.4 Å². The molecule has 7 nitrogen and oxygen atoms in total. The third kappa shape index (κ3) is 3.57. The number of nitrogens with zero attached hydrogens (tertiary/aromatic N) is 4. The molecule has 0 aromatic carbocycles. The van der Waals surface area contributed by atoms with Gasteiger partial charge in [-0.1, -0.05) is 0 Å². The number of aromatic nitrogens is 2. The largest absolute Gasteiger partial charge is 0.459 e. The van der Waals surface area contributed by atoms with Gasteiger partial charge >= 0.3 is 5.97 Å². The molecule has 0 aliphatic carbocycles. The van der Waals surface area contributed by atoms with Gasteiger partial charge in [-0.05, 0) is 46.8 Å². The molecule has 2 fully saturated rings. The number of likely N-dealkylation sites (tertiary alicyclic amines) is 1. The molecule has 0 N–H and O–H groups in total. The Bertz CT molecular complexity index is 756. The maximum atomic E-state index is 13.0. The van der Waals surface area contributed by atoms with E-state index in [1.165, 1.54) is 0 Å². The molecule has 1 unspecified atom stereocenters. The summed E-state index contributed by atoms with van der Waals surface area (Å²) in [5.74, 6) is 0.690. The van der Waals surface area contributed by atoms with Crippen LogP contribution in [0.15, 0.2) is 6.20 Å². The highest BCUT2D eigenvalue weighted by molar-refractivity contribution is 5.87. The van der Waals surface area contributed by atoms with Gasteiger partial charge < -0.3 is 14.5 Å². The van der Waals surface area contributed by atoms with Crippen molar-refractivity contribution >= 4 is 11.9 Å². The summed E-state index contributed by atoms with van der Waals surface area (Å²) in [7, 11) is 2.15. The summed E-state index contributed by atoms with van der Waals surface area (Å²) in [6.45, 7) is 6.96. The third-order valence-electron chi connectivity index (χ3n) is 6.23. The van der Waals surface area contributed by atoms with Gasteiger partial charge in [0.1, 0.15) is 11.4 Å². The van der Waals surface area contributed by atoms with Gasteiger partial charge in [-0.3, -0.25) is 9.59 Å². The van der Waals surface area contributed by atoms with Gasteiger partial charge in [0.2, 0.25) is 5.91 Å². The van der Waals surface area contributed by atoms with Gasteiger partial charge in [-0.15, -0.1) is 0 Å². The normalized spacial score (nSPS) is 26.0. The molecule has 146 valence electrons. The van der Waals surface area contributed by atoms with Crippen LogP contribution in [0, 0.1) is 5.92 Å². The molecule has 1 aromatic heterocycles. The van der Waals surface area contributed by atoms with E-state index in [1.807, 2.05) is 24.9 Å². The first kappa shape index (κ1) is 18.3. The number of fused-ring (bicyclic) bond motifs is 1. The van der Waals surface area contributed by atoms with Crippen LogP contribution in [0.25, 0.3) is 0 Å². The number of carbonyl (C=O) groups excluding carboxylic acids is 2. The molecule has 3 aliphatic heterocycles. The second-order valence-corrected chi connectivity index (χ2v) is 8.62. The Labute approximate surface area is 160 Å². The molecule has 0 bridgehead atoms. The maximum Gasteiger partial charge on any atom is 0.307 e. The lowest BCUT2D eigenvalue weighted by Crippen LogP contribution is -2.45. The van der Waals surface area contributed by atoms with Gasteiger partial charge in [-0.25, -0.2) is 9.97 Å². The Hall–Kier alpha value is -2.02. The lowest BCUT2D eigenvalue weighted by atomic mass is 9.88. The molecule has 4 rings (SSSR count). The first-order valence-corrected chi connectivity index (χ1v) is 9.87. The number of rotatable bonds is 2. The molecule has 2 saturated heterocycles. The molecule has 0 spiro atoms. The van der Waals surface area contributed by atoms with E-state index in [-0.39, 0.29) is 18.3 Å². The minimum atomic E-state index is -0.733. The minimum Gasteiger partial charge on any atom is -0.459 e. The highest BCUT2D eigenvalue weighted by Crippen LogP contribution is 2.35. The number of amides is 1. The van der Waals surface area contributed by atoms with E-state index >= 15 is 0 Å². The van der Waals surface area contributed by atoms with E-state index in [2.05, 4.69) is 16.9 Å². The first-order chi connectivity index (χ1) is 12.8. The predicted molar refractivity (Wildman–Crippen MR) is 98.9 cm³/mol. The Kier molecular flexibility index (Phi) is 4.66. The maximum absolute atomic E-state index is 13.0. The SMILES string of the molecule is CN1CCC(c2ncc3c(n2)CCN(C(=O)C2CC(=O)OC2(C)C)C3)CC1. The Morgan fingerprint density at radius 3 is 2.67 bits per heavy atom. The van der Waals surface area contributed by atoms with E-state index in [0.29, 0.717) is 19.0 Å². The van der Waals surface area contributed by atoms with E-state index in [9.17, 15) is 9.59 Å². The van der Waals surface area contributed by atoms with Crippen molar-refractivity contribution in [1.29, 1.82) is 0 Å². The predicted octanol–water partition coefficient (Wildman–Crippen LogP) is 1.51. The first-order valence-electron chi connectivity index (χ1n) is 9.87. The van der Waals surface area contributed by atoms with Crippen LogP contribution >= 0.6 is 0 Å². The third-order valence-corrected chi connectivity index (χ3v) is 6.23. The van der Waals surface area contributed by atoms with Crippen LogP contribution in [0.4, 0.5) is 0 Å². The van der Waals surface area contributed by atoms with Gasteiger partial charge in [0.15, 0.2) is 0 Å². The molecule has 3 aliphatic rings. The number of carbonyl (C=O) groups is 2. The lowest BCUT2D eigenvalue weighted by molar-refractivity contribution is -0.149. The molecule has 4 heterocycles. The number of piperidine rings is 1. The summed E-state index contributed by atoms with van der Waals surface area (Å²) in [6.07, 6.45) is 5.01. The summed E-state index contributed by atoms with van der Waals surface area (Å²) in [5.41, 5.74) is 1.36. The molecular formula is C20H28N4O3. The summed E-state index contributed by atoms with van der Waals surface area (Å²) in [6, 6.07) is 0. The summed E-state index contributed by atoms with van der Waals surface area (Å²) in [5, 5.41) is 0. The minimum absolute atomic E-state index is 0.00380. The quantitative estimate of drug-likeness (QED) is 0.733. The summed E-state index contributed by atoms with van der Waals surface area (Å²) in [4.78, 5) is 38.3. The van der Waals surface area contributed by atoms with Crippen LogP contribution in [-0.4, -0.2) is 63.9 Å². The van der Waals surface area contributed by atoms with Crippen LogP contribution in [0.2, 0.25) is 0 Å². The zero-order chi connectivity index (χ0) is 19.2. The number of hydrogen-bond donors (Lipinski definition) is 0. The van der Waals surface area contributed by atoms with Crippen molar-refractivity contribution in [2.45, 2.75) is 57.6 Å². The van der Waals surface area contributed by atoms with Crippen LogP contribution in [0.3, 0.4) is 0 Å². The fraction of sp³-hybridized carbons (Fsp3) is 0.700. The van der Waals surface area contributed by atoms with Crippen molar-refractivity contribution in [3.63, 3.8) is 0 Å². The van der Waals surface area contributed by atoms with E-state index in [4.69, 9.17) is 9.72 Å². The monoisotopic (exact) mass is 372 g/mol. The van der Waals surface area contributed by atoms with Crippen LogP contribution in [-0.2, 0) is 27.3 Å². The average molecular weight is 372 g/mol. The van der Waals surface area contributed by atoms with Crippen molar-refractivity contribution in [2.24, 2.45) is 5.92 Å². The molecular weight excluding hydrogens is 344 g/mol. The van der Waals surface area contributed by atoms with Crippen molar-refractivity contribution in [3.8, 4) is 0 Å². The number of ether oxygens (including phenoxy) is 1. The summed E-state index contributed by atoms with van der Waals surface area (Å²) >= 11 is 0. The second kappa shape index (κ2) is 6.86.